The summed E-state index contributed by atoms with van der Waals surface area (Å²) in [5.41, 5.74) is 6.27. The Morgan fingerprint density at radius 3 is 2.09 bits per heavy atom. The number of benzene rings is 3. The van der Waals surface area contributed by atoms with Gasteiger partial charge in [-0.25, -0.2) is 0 Å². The standard InChI is InChI=1S/C29H32FNO/c1-2-28(24-9-5-3-6-10-24)29(25-11-7-4-8-12-25)26-13-15-27(16-14-26)32-20-19-31-18-17-23(21-30)22-31/h3-16,23H,2,17-22H2,1H3/b29-28-/t23-/m1/s1. The van der Waals surface area contributed by atoms with Crippen molar-refractivity contribution in [3.05, 3.63) is 102 Å². The number of ether oxygens (including phenoxy) is 1. The lowest BCUT2D eigenvalue weighted by molar-refractivity contribution is 0.228. The summed E-state index contributed by atoms with van der Waals surface area (Å²) in [5.74, 6) is 1.08. The molecule has 4 rings (SSSR count). The smallest absolute Gasteiger partial charge is 0.119 e. The fourth-order valence-electron chi connectivity index (χ4n) is 4.54. The average Bonchev–Trinajstić information content (AvgIpc) is 3.32. The second-order valence-electron chi connectivity index (χ2n) is 8.42. The van der Waals surface area contributed by atoms with Crippen LogP contribution in [-0.4, -0.2) is 37.8 Å². The van der Waals surface area contributed by atoms with Gasteiger partial charge in [-0.05, 0) is 59.4 Å². The Hall–Kier alpha value is -2.91. The number of halogens is 1. The fraction of sp³-hybridized carbons (Fsp3) is 0.310. The minimum atomic E-state index is -0.210. The van der Waals surface area contributed by atoms with Gasteiger partial charge in [-0.15, -0.1) is 0 Å². The van der Waals surface area contributed by atoms with Gasteiger partial charge < -0.3 is 4.74 Å². The topological polar surface area (TPSA) is 12.5 Å². The zero-order chi connectivity index (χ0) is 22.2. The number of nitrogens with zero attached hydrogens (tertiary/aromatic N) is 1. The molecule has 0 aliphatic carbocycles. The number of likely N-dealkylation sites (tertiary alicyclic amines) is 1. The Morgan fingerprint density at radius 2 is 1.50 bits per heavy atom. The Morgan fingerprint density at radius 1 is 0.875 bits per heavy atom. The van der Waals surface area contributed by atoms with Gasteiger partial charge in [-0.3, -0.25) is 9.29 Å². The molecule has 3 aromatic carbocycles. The second kappa shape index (κ2) is 11.1. The molecule has 0 aromatic heterocycles. The highest BCUT2D eigenvalue weighted by atomic mass is 19.1. The molecule has 1 heterocycles. The van der Waals surface area contributed by atoms with Crippen LogP contribution in [0.2, 0.25) is 0 Å². The molecule has 0 saturated carbocycles. The third kappa shape index (κ3) is 5.46. The third-order valence-corrected chi connectivity index (χ3v) is 6.25. The lowest BCUT2D eigenvalue weighted by Gasteiger charge is -2.18. The van der Waals surface area contributed by atoms with E-state index in [2.05, 4.69) is 96.8 Å². The van der Waals surface area contributed by atoms with Crippen molar-refractivity contribution in [3.63, 3.8) is 0 Å². The predicted molar refractivity (Wildman–Crippen MR) is 132 cm³/mol. The second-order valence-corrected chi connectivity index (χ2v) is 8.42. The van der Waals surface area contributed by atoms with E-state index in [4.69, 9.17) is 4.74 Å². The Labute approximate surface area is 191 Å². The van der Waals surface area contributed by atoms with E-state index < -0.39 is 0 Å². The van der Waals surface area contributed by atoms with Crippen LogP contribution < -0.4 is 4.74 Å². The van der Waals surface area contributed by atoms with Crippen LogP contribution in [0.15, 0.2) is 84.9 Å². The lowest BCUT2D eigenvalue weighted by Crippen LogP contribution is -2.26. The van der Waals surface area contributed by atoms with E-state index in [-0.39, 0.29) is 12.6 Å². The summed E-state index contributed by atoms with van der Waals surface area (Å²) >= 11 is 0. The van der Waals surface area contributed by atoms with Gasteiger partial charge in [0.15, 0.2) is 0 Å². The molecule has 1 aliphatic rings. The summed E-state index contributed by atoms with van der Waals surface area (Å²) in [4.78, 5) is 2.29. The molecule has 1 fully saturated rings. The van der Waals surface area contributed by atoms with Crippen molar-refractivity contribution in [2.45, 2.75) is 19.8 Å². The van der Waals surface area contributed by atoms with Crippen LogP contribution in [0.1, 0.15) is 36.5 Å². The molecular formula is C29H32FNO. The molecular weight excluding hydrogens is 397 g/mol. The monoisotopic (exact) mass is 429 g/mol. The van der Waals surface area contributed by atoms with Crippen molar-refractivity contribution in [3.8, 4) is 5.75 Å². The van der Waals surface area contributed by atoms with Gasteiger partial charge in [0.05, 0.1) is 6.67 Å². The first-order chi connectivity index (χ1) is 15.8. The van der Waals surface area contributed by atoms with E-state index in [1.165, 1.54) is 27.8 Å². The molecule has 3 heteroatoms. The van der Waals surface area contributed by atoms with Crippen molar-refractivity contribution in [1.29, 1.82) is 0 Å². The van der Waals surface area contributed by atoms with Crippen LogP contribution in [0.5, 0.6) is 5.75 Å². The molecule has 0 N–H and O–H groups in total. The van der Waals surface area contributed by atoms with Crippen molar-refractivity contribution in [2.75, 3.05) is 32.9 Å². The molecule has 1 saturated heterocycles. The predicted octanol–water partition coefficient (Wildman–Crippen LogP) is 6.73. The summed E-state index contributed by atoms with van der Waals surface area (Å²) in [6, 6.07) is 29.7. The van der Waals surface area contributed by atoms with E-state index in [0.717, 1.165) is 38.2 Å². The van der Waals surface area contributed by atoms with Gasteiger partial charge in [-0.2, -0.15) is 0 Å². The molecule has 1 atom stereocenters. The van der Waals surface area contributed by atoms with Crippen LogP contribution in [0.3, 0.4) is 0 Å². The number of alkyl halides is 1. The van der Waals surface area contributed by atoms with Gasteiger partial charge >= 0.3 is 0 Å². The van der Waals surface area contributed by atoms with Crippen molar-refractivity contribution < 1.29 is 9.13 Å². The largest absolute Gasteiger partial charge is 0.492 e. The summed E-state index contributed by atoms with van der Waals surface area (Å²) in [5, 5.41) is 0. The van der Waals surface area contributed by atoms with Crippen LogP contribution >= 0.6 is 0 Å². The number of hydrogen-bond acceptors (Lipinski definition) is 2. The zero-order valence-corrected chi connectivity index (χ0v) is 18.8. The van der Waals surface area contributed by atoms with E-state index in [1.54, 1.807) is 0 Å². The number of hydrogen-bond donors (Lipinski definition) is 0. The summed E-state index contributed by atoms with van der Waals surface area (Å²) in [6.45, 7) is 5.31. The zero-order valence-electron chi connectivity index (χ0n) is 18.8. The molecule has 0 amide bonds. The van der Waals surface area contributed by atoms with Crippen LogP contribution in [0.4, 0.5) is 4.39 Å². The van der Waals surface area contributed by atoms with Gasteiger partial charge in [0, 0.05) is 19.0 Å². The Bertz CT molecular complexity index is 998. The molecule has 0 unspecified atom stereocenters. The van der Waals surface area contributed by atoms with E-state index in [0.29, 0.717) is 6.61 Å². The molecule has 3 aromatic rings. The fourth-order valence-corrected chi connectivity index (χ4v) is 4.54. The summed E-state index contributed by atoms with van der Waals surface area (Å²) in [6.07, 6.45) is 1.91. The van der Waals surface area contributed by atoms with Gasteiger partial charge in [0.2, 0.25) is 0 Å². The maximum absolute atomic E-state index is 12.8. The quantitative estimate of drug-likeness (QED) is 0.350. The highest BCUT2D eigenvalue weighted by Gasteiger charge is 2.21. The molecule has 0 spiro atoms. The lowest BCUT2D eigenvalue weighted by atomic mass is 9.88. The minimum Gasteiger partial charge on any atom is -0.492 e. The van der Waals surface area contributed by atoms with Crippen LogP contribution in [0, 0.1) is 5.92 Å². The molecule has 1 aliphatic heterocycles. The van der Waals surface area contributed by atoms with Gasteiger partial charge in [-0.1, -0.05) is 79.7 Å². The first kappa shape index (κ1) is 22.3. The molecule has 166 valence electrons. The van der Waals surface area contributed by atoms with E-state index in [9.17, 15) is 4.39 Å². The molecule has 0 bridgehead atoms. The molecule has 2 nitrogen and oxygen atoms in total. The van der Waals surface area contributed by atoms with Gasteiger partial charge in [0.25, 0.3) is 0 Å². The van der Waals surface area contributed by atoms with E-state index >= 15 is 0 Å². The first-order valence-electron chi connectivity index (χ1n) is 11.6. The minimum absolute atomic E-state index is 0.204. The Kier molecular flexibility index (Phi) is 7.73. The Balaban J connectivity index is 1.53. The van der Waals surface area contributed by atoms with Crippen LogP contribution in [-0.2, 0) is 0 Å². The molecule has 32 heavy (non-hydrogen) atoms. The highest BCUT2D eigenvalue weighted by Crippen LogP contribution is 2.34. The van der Waals surface area contributed by atoms with Crippen molar-refractivity contribution in [1.82, 2.24) is 4.90 Å². The van der Waals surface area contributed by atoms with Crippen molar-refractivity contribution in [2.24, 2.45) is 5.92 Å². The first-order valence-corrected chi connectivity index (χ1v) is 11.6. The highest BCUT2D eigenvalue weighted by molar-refractivity contribution is 5.98. The number of allylic oxidation sites excluding steroid dienone is 1. The van der Waals surface area contributed by atoms with E-state index in [1.807, 2.05) is 0 Å². The van der Waals surface area contributed by atoms with Crippen LogP contribution in [0.25, 0.3) is 11.1 Å². The summed E-state index contributed by atoms with van der Waals surface area (Å²) < 4.78 is 18.8. The average molecular weight is 430 g/mol. The van der Waals surface area contributed by atoms with Gasteiger partial charge in [0.1, 0.15) is 12.4 Å². The number of rotatable bonds is 9. The summed E-state index contributed by atoms with van der Waals surface area (Å²) in [7, 11) is 0. The van der Waals surface area contributed by atoms with Crippen molar-refractivity contribution >= 4 is 11.1 Å². The maximum Gasteiger partial charge on any atom is 0.119 e. The molecule has 0 radical (unpaired) electrons. The third-order valence-electron chi connectivity index (χ3n) is 6.25. The normalized spacial score (nSPS) is 17.2. The maximum atomic E-state index is 12.8. The SMILES string of the molecule is CC/C(=C(\c1ccccc1)c1ccc(OCCN2CC[C@H](CF)C2)cc1)c1ccccc1.